The van der Waals surface area contributed by atoms with Gasteiger partial charge in [0.05, 0.1) is 0 Å². The number of hydrogen-bond donors (Lipinski definition) is 3. The Balaban J connectivity index is 0. The van der Waals surface area contributed by atoms with Crippen LogP contribution in [-0.2, 0) is 0 Å². The lowest BCUT2D eigenvalue weighted by Gasteiger charge is -1.65. The van der Waals surface area contributed by atoms with Gasteiger partial charge in [0.1, 0.15) is 0 Å². The zero-order valence-corrected chi connectivity index (χ0v) is 4.14. The second-order valence-electron chi connectivity index (χ2n) is 0.412. The second kappa shape index (κ2) is 8.88. The van der Waals surface area contributed by atoms with Gasteiger partial charge in [-0.15, -0.1) is 0 Å². The molecule has 7 heavy (non-hydrogen) atoms. The predicted octanol–water partition coefficient (Wildman–Crippen LogP) is -0.187. The largest absolute Gasteiger partial charge is 0.473 e. The minimum Gasteiger partial charge on any atom is -0.473 e. The Morgan fingerprint density at radius 1 is 1.71 bits per heavy atom. The highest BCUT2D eigenvalue weighted by molar-refractivity contribution is 7.79. The Morgan fingerprint density at radius 2 is 1.71 bits per heavy atom. The third-order valence-corrected chi connectivity index (χ3v) is 0. The molecular weight excluding hydrogens is 116 g/mol. The van der Waals surface area contributed by atoms with Crippen LogP contribution in [0.5, 0.6) is 0 Å². The summed E-state index contributed by atoms with van der Waals surface area (Å²) in [4.78, 5) is 0. The Labute approximate surface area is 45.8 Å². The SMILES string of the molecule is N#CN.OC(O)=S. The quantitative estimate of drug-likeness (QED) is 0.234. The minimum atomic E-state index is -1.000. The second-order valence-corrected chi connectivity index (χ2v) is 0.777. The molecule has 0 atom stereocenters. The van der Waals surface area contributed by atoms with Crippen LogP contribution in [0.25, 0.3) is 0 Å². The first-order valence-corrected chi connectivity index (χ1v) is 1.57. The van der Waals surface area contributed by atoms with E-state index in [0.717, 1.165) is 0 Å². The average Bonchev–Trinajstić information content (AvgIpc) is 1.33. The summed E-state index contributed by atoms with van der Waals surface area (Å²) in [5, 5.41) is 20.8. The van der Waals surface area contributed by atoms with Gasteiger partial charge in [0.2, 0.25) is 0 Å². The molecule has 0 amide bonds. The highest BCUT2D eigenvalue weighted by atomic mass is 32.1. The van der Waals surface area contributed by atoms with Crippen LogP contribution >= 0.6 is 12.2 Å². The molecule has 0 fully saturated rings. The Morgan fingerprint density at radius 3 is 1.71 bits per heavy atom. The fourth-order valence-corrected chi connectivity index (χ4v) is 0. The van der Waals surface area contributed by atoms with E-state index in [1.807, 2.05) is 0 Å². The van der Waals surface area contributed by atoms with E-state index in [-0.39, 0.29) is 0 Å². The molecule has 0 aliphatic carbocycles. The first-order valence-electron chi connectivity index (χ1n) is 1.16. The van der Waals surface area contributed by atoms with Crippen molar-refractivity contribution >= 4 is 17.5 Å². The van der Waals surface area contributed by atoms with Gasteiger partial charge in [0.15, 0.2) is 6.19 Å². The van der Waals surface area contributed by atoms with Crippen molar-refractivity contribution in [2.45, 2.75) is 0 Å². The van der Waals surface area contributed by atoms with E-state index in [9.17, 15) is 0 Å². The van der Waals surface area contributed by atoms with E-state index in [0.29, 0.717) is 0 Å². The van der Waals surface area contributed by atoms with E-state index in [2.05, 4.69) is 18.0 Å². The number of aliphatic hydroxyl groups excluding tert-OH is 1. The van der Waals surface area contributed by atoms with Crippen LogP contribution in [0.3, 0.4) is 0 Å². The van der Waals surface area contributed by atoms with Gasteiger partial charge in [-0.25, -0.2) is 0 Å². The van der Waals surface area contributed by atoms with Crippen molar-refractivity contribution in [1.82, 2.24) is 0 Å². The van der Waals surface area contributed by atoms with Crippen molar-refractivity contribution in [3.63, 3.8) is 0 Å². The number of rotatable bonds is 0. The van der Waals surface area contributed by atoms with Crippen molar-refractivity contribution in [2.75, 3.05) is 0 Å². The van der Waals surface area contributed by atoms with Gasteiger partial charge in [-0.1, -0.05) is 0 Å². The van der Waals surface area contributed by atoms with Crippen LogP contribution in [0.2, 0.25) is 0 Å². The van der Waals surface area contributed by atoms with Gasteiger partial charge in [0.25, 0.3) is 0 Å². The summed E-state index contributed by atoms with van der Waals surface area (Å²) in [6.07, 6.45) is 1.25. The lowest BCUT2D eigenvalue weighted by molar-refractivity contribution is 0.386. The molecule has 0 bridgehead atoms. The fourth-order valence-electron chi connectivity index (χ4n) is 0. The standard InChI is InChI=1S/CH2N2.CH2O2S/c2-1-3;2-1(3)4/h2H2;(H2,2,3,4). The predicted molar refractivity (Wildman–Crippen MR) is 27.7 cm³/mol. The maximum Gasteiger partial charge on any atom is 0.347 e. The lowest BCUT2D eigenvalue weighted by Crippen LogP contribution is -1.80. The number of thiocarbonyl (C=S) groups is 1. The molecule has 0 spiro atoms. The molecule has 0 saturated heterocycles. The molecule has 0 unspecified atom stereocenters. The number of nitrogens with zero attached hydrogens (tertiary/aromatic N) is 1. The summed E-state index contributed by atoms with van der Waals surface area (Å²) in [6, 6.07) is 0. The smallest absolute Gasteiger partial charge is 0.347 e. The van der Waals surface area contributed by atoms with Crippen LogP contribution in [0.1, 0.15) is 0 Å². The van der Waals surface area contributed by atoms with Crippen LogP contribution in [-0.4, -0.2) is 15.4 Å². The number of nitrogens with two attached hydrogens (primary N) is 1. The lowest BCUT2D eigenvalue weighted by atomic mass is 11.5. The van der Waals surface area contributed by atoms with Crippen molar-refractivity contribution in [3.05, 3.63) is 0 Å². The van der Waals surface area contributed by atoms with Crippen molar-refractivity contribution < 1.29 is 10.2 Å². The van der Waals surface area contributed by atoms with Crippen LogP contribution in [0.4, 0.5) is 0 Å². The van der Waals surface area contributed by atoms with Crippen molar-refractivity contribution in [2.24, 2.45) is 5.73 Å². The van der Waals surface area contributed by atoms with Gasteiger partial charge in [-0.05, 0) is 0 Å². The van der Waals surface area contributed by atoms with Gasteiger partial charge in [-0.3, -0.25) is 0 Å². The van der Waals surface area contributed by atoms with Gasteiger partial charge >= 0.3 is 5.24 Å². The van der Waals surface area contributed by atoms with Crippen LogP contribution < -0.4 is 5.73 Å². The third-order valence-electron chi connectivity index (χ3n) is 0. The van der Waals surface area contributed by atoms with E-state index < -0.39 is 5.24 Å². The summed E-state index contributed by atoms with van der Waals surface area (Å²) in [5.41, 5.74) is 4.15. The first-order chi connectivity index (χ1) is 3.15. The summed E-state index contributed by atoms with van der Waals surface area (Å²) >= 11 is 3.65. The normalized spacial score (nSPS) is 4.43. The Hall–Kier alpha value is -1.02. The molecule has 4 nitrogen and oxygen atoms in total. The number of nitriles is 1. The molecule has 0 aliphatic heterocycles. The molecule has 40 valence electrons. The minimum absolute atomic E-state index is 1.000. The van der Waals surface area contributed by atoms with Crippen LogP contribution in [0.15, 0.2) is 0 Å². The first kappa shape index (κ1) is 9.36. The number of hydrogen-bond acceptors (Lipinski definition) is 3. The summed E-state index contributed by atoms with van der Waals surface area (Å²) in [5.74, 6) is 0. The maximum atomic E-state index is 7.34. The van der Waals surface area contributed by atoms with Gasteiger partial charge < -0.3 is 15.9 Å². The molecule has 0 heterocycles. The van der Waals surface area contributed by atoms with E-state index >= 15 is 0 Å². The summed E-state index contributed by atoms with van der Waals surface area (Å²) < 4.78 is 0. The van der Waals surface area contributed by atoms with E-state index in [1.165, 1.54) is 6.19 Å². The zero-order chi connectivity index (χ0) is 6.28. The molecule has 0 aromatic rings. The molecular formula is C2H4N2O2S. The summed E-state index contributed by atoms with van der Waals surface area (Å²) in [7, 11) is 0. The maximum absolute atomic E-state index is 7.34. The van der Waals surface area contributed by atoms with Gasteiger partial charge in [-0.2, -0.15) is 5.26 Å². The molecule has 0 radical (unpaired) electrons. The summed E-state index contributed by atoms with van der Waals surface area (Å²) in [6.45, 7) is 0. The molecule has 0 saturated carbocycles. The Bertz CT molecular complexity index is 82.2. The zero-order valence-electron chi connectivity index (χ0n) is 3.33. The number of aliphatic hydroxyl groups is 2. The monoisotopic (exact) mass is 120 g/mol. The van der Waals surface area contributed by atoms with Crippen molar-refractivity contribution in [1.29, 1.82) is 5.26 Å². The van der Waals surface area contributed by atoms with Crippen molar-refractivity contribution in [3.8, 4) is 6.19 Å². The molecule has 0 aromatic heterocycles. The molecule has 0 rings (SSSR count). The molecule has 0 aliphatic rings. The van der Waals surface area contributed by atoms with Gasteiger partial charge in [0, 0.05) is 12.2 Å². The highest BCUT2D eigenvalue weighted by Gasteiger charge is 1.62. The molecule has 5 heteroatoms. The average molecular weight is 120 g/mol. The molecule has 0 aromatic carbocycles. The third kappa shape index (κ3) is 42.5. The van der Waals surface area contributed by atoms with E-state index in [1.54, 1.807) is 0 Å². The van der Waals surface area contributed by atoms with E-state index in [4.69, 9.17) is 15.5 Å². The fraction of sp³-hybridized carbons (Fsp3) is 0. The molecule has 4 N–H and O–H groups in total. The topological polar surface area (TPSA) is 90.3 Å². The van der Waals surface area contributed by atoms with Crippen LogP contribution in [0, 0.1) is 11.5 Å². The Kier molecular flexibility index (Phi) is 11.9. The highest BCUT2D eigenvalue weighted by Crippen LogP contribution is 1.47.